The molecule has 1 fully saturated rings. The van der Waals surface area contributed by atoms with Gasteiger partial charge in [0.25, 0.3) is 0 Å². The fourth-order valence-corrected chi connectivity index (χ4v) is 3.01. The summed E-state index contributed by atoms with van der Waals surface area (Å²) in [6.07, 6.45) is 1.94. The van der Waals surface area contributed by atoms with E-state index in [-0.39, 0.29) is 0 Å². The van der Waals surface area contributed by atoms with E-state index < -0.39 is 11.2 Å². The normalized spacial score (nSPS) is 39.8. The average molecular weight is 228 g/mol. The lowest BCUT2D eigenvalue weighted by Crippen LogP contribution is -2.49. The van der Waals surface area contributed by atoms with Crippen LogP contribution in [0.2, 0.25) is 0 Å². The first-order valence-electron chi connectivity index (χ1n) is 6.51. The van der Waals surface area contributed by atoms with Crippen LogP contribution in [0.1, 0.15) is 54.4 Å². The topological polar surface area (TPSA) is 40.5 Å². The lowest BCUT2D eigenvalue weighted by atomic mass is 9.75. The molecule has 1 rings (SSSR count). The van der Waals surface area contributed by atoms with Crippen molar-refractivity contribution in [3.63, 3.8) is 0 Å². The summed E-state index contributed by atoms with van der Waals surface area (Å²) < 4.78 is 0. The molecule has 0 saturated heterocycles. The van der Waals surface area contributed by atoms with Gasteiger partial charge in [0.2, 0.25) is 0 Å². The highest BCUT2D eigenvalue weighted by Crippen LogP contribution is 2.46. The average Bonchev–Trinajstić information content (AvgIpc) is 2.30. The highest BCUT2D eigenvalue weighted by Gasteiger charge is 2.44. The first kappa shape index (κ1) is 14.0. The molecule has 1 aliphatic carbocycles. The maximum atomic E-state index is 10.4. The second-order valence-corrected chi connectivity index (χ2v) is 6.75. The van der Waals surface area contributed by atoms with Crippen LogP contribution < -0.4 is 0 Å². The van der Waals surface area contributed by atoms with Gasteiger partial charge in [-0.15, -0.1) is 0 Å². The summed E-state index contributed by atoms with van der Waals surface area (Å²) in [5.41, 5.74) is -2.03. The largest absolute Gasteiger partial charge is 0.387 e. The van der Waals surface area contributed by atoms with Crippen LogP contribution in [0.5, 0.6) is 0 Å². The molecule has 0 aromatic rings. The van der Waals surface area contributed by atoms with Crippen LogP contribution in [0, 0.1) is 23.7 Å². The standard InChI is InChI=1S/C14H28O2/c1-9-7-10(2)12(11(9)3)8-14(6,16)13(4,5)15/h9-12,15-16H,7-8H2,1-6H3/t9?,10-,11?,12?,14?/m0/s1. The zero-order valence-corrected chi connectivity index (χ0v) is 11.6. The van der Waals surface area contributed by atoms with Crippen LogP contribution in [0.15, 0.2) is 0 Å². The highest BCUT2D eigenvalue weighted by molar-refractivity contribution is 4.96. The Bertz CT molecular complexity index is 240. The molecular weight excluding hydrogens is 200 g/mol. The lowest BCUT2D eigenvalue weighted by molar-refractivity contribution is -0.134. The third kappa shape index (κ3) is 2.60. The van der Waals surface area contributed by atoms with Crippen molar-refractivity contribution < 1.29 is 10.2 Å². The molecule has 0 radical (unpaired) electrons. The summed E-state index contributed by atoms with van der Waals surface area (Å²) in [5.74, 6) is 2.55. The van der Waals surface area contributed by atoms with Crippen LogP contribution in [0.3, 0.4) is 0 Å². The quantitative estimate of drug-likeness (QED) is 0.780. The summed E-state index contributed by atoms with van der Waals surface area (Å²) >= 11 is 0. The Morgan fingerprint density at radius 1 is 1.00 bits per heavy atom. The zero-order chi connectivity index (χ0) is 12.7. The molecule has 0 bridgehead atoms. The van der Waals surface area contributed by atoms with E-state index >= 15 is 0 Å². The molecule has 0 aliphatic heterocycles. The van der Waals surface area contributed by atoms with Gasteiger partial charge in [-0.05, 0) is 57.3 Å². The summed E-state index contributed by atoms with van der Waals surface area (Å²) in [7, 11) is 0. The molecule has 0 aromatic carbocycles. The van der Waals surface area contributed by atoms with Crippen molar-refractivity contribution in [1.82, 2.24) is 0 Å². The fourth-order valence-electron chi connectivity index (χ4n) is 3.01. The van der Waals surface area contributed by atoms with Gasteiger partial charge in [-0.25, -0.2) is 0 Å². The van der Waals surface area contributed by atoms with E-state index in [1.807, 2.05) is 0 Å². The van der Waals surface area contributed by atoms with E-state index in [0.717, 1.165) is 5.92 Å². The van der Waals surface area contributed by atoms with E-state index in [0.29, 0.717) is 24.2 Å². The van der Waals surface area contributed by atoms with Gasteiger partial charge < -0.3 is 10.2 Å². The molecule has 4 unspecified atom stereocenters. The Labute approximate surface area is 100 Å². The second-order valence-electron chi connectivity index (χ2n) is 6.75. The van der Waals surface area contributed by atoms with Crippen molar-refractivity contribution in [2.45, 2.75) is 65.6 Å². The first-order valence-corrected chi connectivity index (χ1v) is 6.51. The zero-order valence-electron chi connectivity index (χ0n) is 11.6. The van der Waals surface area contributed by atoms with Gasteiger partial charge in [0.1, 0.15) is 0 Å². The highest BCUT2D eigenvalue weighted by atomic mass is 16.4. The molecule has 96 valence electrons. The molecule has 2 heteroatoms. The molecule has 2 N–H and O–H groups in total. The van der Waals surface area contributed by atoms with E-state index in [1.54, 1.807) is 20.8 Å². The molecular formula is C14H28O2. The Hall–Kier alpha value is -0.0800. The van der Waals surface area contributed by atoms with Crippen molar-refractivity contribution in [1.29, 1.82) is 0 Å². The minimum Gasteiger partial charge on any atom is -0.387 e. The van der Waals surface area contributed by atoms with Crippen molar-refractivity contribution in [3.8, 4) is 0 Å². The molecule has 16 heavy (non-hydrogen) atoms. The van der Waals surface area contributed by atoms with Crippen LogP contribution in [-0.4, -0.2) is 21.4 Å². The Kier molecular flexibility index (Phi) is 3.76. The van der Waals surface area contributed by atoms with E-state index in [1.165, 1.54) is 6.42 Å². The molecule has 2 nitrogen and oxygen atoms in total. The Balaban J connectivity index is 2.74. The van der Waals surface area contributed by atoms with Gasteiger partial charge >= 0.3 is 0 Å². The summed E-state index contributed by atoms with van der Waals surface area (Å²) in [5, 5.41) is 20.4. The fraction of sp³-hybridized carbons (Fsp3) is 1.00. The summed E-state index contributed by atoms with van der Waals surface area (Å²) in [6, 6.07) is 0. The third-order valence-corrected chi connectivity index (χ3v) is 5.00. The van der Waals surface area contributed by atoms with Gasteiger partial charge in [-0.1, -0.05) is 20.8 Å². The molecule has 1 saturated carbocycles. The third-order valence-electron chi connectivity index (χ3n) is 5.00. The molecule has 0 spiro atoms. The van der Waals surface area contributed by atoms with E-state index in [4.69, 9.17) is 0 Å². The van der Waals surface area contributed by atoms with Gasteiger partial charge in [0.15, 0.2) is 0 Å². The maximum Gasteiger partial charge on any atom is 0.0902 e. The number of hydrogen-bond acceptors (Lipinski definition) is 2. The Morgan fingerprint density at radius 2 is 1.50 bits per heavy atom. The van der Waals surface area contributed by atoms with E-state index in [9.17, 15) is 10.2 Å². The van der Waals surface area contributed by atoms with Crippen LogP contribution in [0.25, 0.3) is 0 Å². The molecule has 1 aliphatic rings. The second kappa shape index (κ2) is 4.30. The number of aliphatic hydroxyl groups is 2. The van der Waals surface area contributed by atoms with Crippen molar-refractivity contribution >= 4 is 0 Å². The maximum absolute atomic E-state index is 10.4. The lowest BCUT2D eigenvalue weighted by Gasteiger charge is -2.39. The first-order chi connectivity index (χ1) is 7.06. The van der Waals surface area contributed by atoms with Crippen molar-refractivity contribution in [3.05, 3.63) is 0 Å². The summed E-state index contributed by atoms with van der Waals surface area (Å²) in [6.45, 7) is 12.0. The monoisotopic (exact) mass is 228 g/mol. The van der Waals surface area contributed by atoms with Crippen LogP contribution in [-0.2, 0) is 0 Å². The van der Waals surface area contributed by atoms with Crippen molar-refractivity contribution in [2.24, 2.45) is 23.7 Å². The molecule has 0 aromatic heterocycles. The van der Waals surface area contributed by atoms with Crippen LogP contribution >= 0.6 is 0 Å². The van der Waals surface area contributed by atoms with Crippen molar-refractivity contribution in [2.75, 3.05) is 0 Å². The summed E-state index contributed by atoms with van der Waals surface area (Å²) in [4.78, 5) is 0. The molecule has 0 amide bonds. The van der Waals surface area contributed by atoms with Gasteiger partial charge in [-0.2, -0.15) is 0 Å². The number of rotatable bonds is 3. The van der Waals surface area contributed by atoms with Gasteiger partial charge in [0, 0.05) is 0 Å². The molecule has 0 heterocycles. The van der Waals surface area contributed by atoms with Gasteiger partial charge in [0.05, 0.1) is 11.2 Å². The van der Waals surface area contributed by atoms with Gasteiger partial charge in [-0.3, -0.25) is 0 Å². The smallest absolute Gasteiger partial charge is 0.0902 e. The van der Waals surface area contributed by atoms with E-state index in [2.05, 4.69) is 20.8 Å². The van der Waals surface area contributed by atoms with Crippen LogP contribution in [0.4, 0.5) is 0 Å². The minimum atomic E-state index is -1.03. The SMILES string of the molecule is CC1C[C@H](C)C(CC(C)(O)C(C)(C)O)C1C. The minimum absolute atomic E-state index is 0.524. The number of hydrogen-bond donors (Lipinski definition) is 2. The molecule has 5 atom stereocenters. The predicted octanol–water partition coefficient (Wildman–Crippen LogP) is 2.83. The predicted molar refractivity (Wildman–Crippen MR) is 67.1 cm³/mol. The Morgan fingerprint density at radius 3 is 1.81 bits per heavy atom.